The van der Waals surface area contributed by atoms with Crippen molar-refractivity contribution >= 4 is 52.5 Å². The molecule has 41 heavy (non-hydrogen) atoms. The summed E-state index contributed by atoms with van der Waals surface area (Å²) in [5.41, 5.74) is 0.323. The second-order valence-electron chi connectivity index (χ2n) is 10.9. The standard InChI is InChI=1S/C29H38ClN5O6/c1-18(2)14-23(27(38)41-5)31-16-25(36)34(4)22-12-10-20(11-13-22)32-26(37)24-15-29(3,40)17-35(24)28(39)33-21-8-6-19(30)7-9-21/h6-13,18,23-24,31,40H,14-17H2,1-5H3,(H,32,37)(H,33,39)/t23?,24-,29+/m1/s1. The molecule has 1 fully saturated rings. The van der Waals surface area contributed by atoms with Crippen molar-refractivity contribution in [3.8, 4) is 0 Å². The smallest absolute Gasteiger partial charge is 0.322 e. The highest BCUT2D eigenvalue weighted by atomic mass is 35.5. The number of nitrogens with one attached hydrogen (secondary N) is 3. The number of carbonyl (C=O) groups excluding carboxylic acids is 4. The number of carbonyl (C=O) groups is 4. The zero-order chi connectivity index (χ0) is 30.3. The fourth-order valence-corrected chi connectivity index (χ4v) is 4.71. The molecule has 1 aliphatic rings. The average Bonchev–Trinajstić information content (AvgIpc) is 3.27. The molecule has 0 saturated carbocycles. The summed E-state index contributed by atoms with van der Waals surface area (Å²) in [4.78, 5) is 53.7. The second kappa shape index (κ2) is 13.8. The van der Waals surface area contributed by atoms with Crippen molar-refractivity contribution in [1.29, 1.82) is 0 Å². The molecule has 11 nitrogen and oxygen atoms in total. The number of amides is 4. The number of nitrogens with zero attached hydrogens (tertiary/aromatic N) is 2. The summed E-state index contributed by atoms with van der Waals surface area (Å²) in [6.45, 7) is 5.47. The molecule has 1 saturated heterocycles. The maximum absolute atomic E-state index is 13.2. The molecule has 2 aromatic carbocycles. The summed E-state index contributed by atoms with van der Waals surface area (Å²) < 4.78 is 4.83. The molecule has 1 aliphatic heterocycles. The van der Waals surface area contributed by atoms with E-state index >= 15 is 0 Å². The number of anilines is 3. The average molecular weight is 588 g/mol. The molecule has 4 N–H and O–H groups in total. The number of halogens is 1. The number of rotatable bonds is 10. The molecule has 2 aromatic rings. The van der Waals surface area contributed by atoms with Crippen molar-refractivity contribution in [2.45, 2.75) is 51.3 Å². The van der Waals surface area contributed by atoms with Gasteiger partial charge in [0.05, 0.1) is 25.8 Å². The van der Waals surface area contributed by atoms with Crippen molar-refractivity contribution in [1.82, 2.24) is 10.2 Å². The van der Waals surface area contributed by atoms with Gasteiger partial charge in [0.1, 0.15) is 12.1 Å². The molecule has 4 amide bonds. The first kappa shape index (κ1) is 31.9. The zero-order valence-corrected chi connectivity index (χ0v) is 24.7. The summed E-state index contributed by atoms with van der Waals surface area (Å²) in [6.07, 6.45) is 0.604. The topological polar surface area (TPSA) is 140 Å². The van der Waals surface area contributed by atoms with Crippen LogP contribution < -0.4 is 20.9 Å². The Morgan fingerprint density at radius 2 is 1.66 bits per heavy atom. The Kier molecular flexibility index (Phi) is 10.7. The van der Waals surface area contributed by atoms with Crippen molar-refractivity contribution < 1.29 is 29.0 Å². The van der Waals surface area contributed by atoms with Crippen LogP contribution in [0.25, 0.3) is 0 Å². The van der Waals surface area contributed by atoms with Gasteiger partial charge in [0.15, 0.2) is 0 Å². The number of methoxy groups -OCH3 is 1. The minimum atomic E-state index is -1.23. The van der Waals surface area contributed by atoms with E-state index in [4.69, 9.17) is 16.3 Å². The minimum Gasteiger partial charge on any atom is -0.468 e. The van der Waals surface area contributed by atoms with Crippen molar-refractivity contribution in [2.24, 2.45) is 5.92 Å². The van der Waals surface area contributed by atoms with Gasteiger partial charge in [-0.3, -0.25) is 19.7 Å². The molecule has 1 unspecified atom stereocenters. The quantitative estimate of drug-likeness (QED) is 0.312. The van der Waals surface area contributed by atoms with Gasteiger partial charge in [-0.25, -0.2) is 4.79 Å². The Balaban J connectivity index is 1.61. The van der Waals surface area contributed by atoms with E-state index in [0.717, 1.165) is 0 Å². The summed E-state index contributed by atoms with van der Waals surface area (Å²) in [5, 5.41) is 19.7. The van der Waals surface area contributed by atoms with Crippen LogP contribution in [0.3, 0.4) is 0 Å². The van der Waals surface area contributed by atoms with Crippen LogP contribution in [0.5, 0.6) is 0 Å². The lowest BCUT2D eigenvalue weighted by Gasteiger charge is -2.24. The van der Waals surface area contributed by atoms with E-state index in [9.17, 15) is 24.3 Å². The Morgan fingerprint density at radius 1 is 1.07 bits per heavy atom. The molecule has 0 spiro atoms. The van der Waals surface area contributed by atoms with Crippen molar-refractivity contribution in [2.75, 3.05) is 42.8 Å². The van der Waals surface area contributed by atoms with Crippen LogP contribution >= 0.6 is 11.6 Å². The molecule has 0 bridgehead atoms. The van der Waals surface area contributed by atoms with E-state index in [0.29, 0.717) is 28.5 Å². The summed E-state index contributed by atoms with van der Waals surface area (Å²) >= 11 is 5.91. The Morgan fingerprint density at radius 3 is 2.24 bits per heavy atom. The third-order valence-corrected chi connectivity index (χ3v) is 7.02. The number of β-amino-alcohol motifs (C(OH)–C–C–N with tert-alkyl or cyclic N) is 1. The van der Waals surface area contributed by atoms with Gasteiger partial charge in [0, 0.05) is 35.6 Å². The van der Waals surface area contributed by atoms with Crippen LogP contribution in [0.1, 0.15) is 33.6 Å². The molecule has 3 rings (SSSR count). The third-order valence-electron chi connectivity index (χ3n) is 6.77. The van der Waals surface area contributed by atoms with Crippen LogP contribution in [-0.2, 0) is 19.1 Å². The molecular weight excluding hydrogens is 550 g/mol. The van der Waals surface area contributed by atoms with Crippen LogP contribution in [0.2, 0.25) is 5.02 Å². The number of benzene rings is 2. The van der Waals surface area contributed by atoms with Crippen LogP contribution in [0.4, 0.5) is 21.9 Å². The molecule has 0 aliphatic carbocycles. The number of likely N-dealkylation sites (tertiary alicyclic amines) is 1. The second-order valence-corrected chi connectivity index (χ2v) is 11.3. The van der Waals surface area contributed by atoms with E-state index < -0.39 is 35.6 Å². The first-order valence-corrected chi connectivity index (χ1v) is 13.7. The predicted molar refractivity (Wildman–Crippen MR) is 158 cm³/mol. The first-order valence-electron chi connectivity index (χ1n) is 13.3. The molecule has 1 heterocycles. The highest BCUT2D eigenvalue weighted by Gasteiger charge is 2.45. The number of ether oxygens (including phenoxy) is 1. The molecule has 12 heteroatoms. The third kappa shape index (κ3) is 8.91. The van der Waals surface area contributed by atoms with Gasteiger partial charge in [0.25, 0.3) is 0 Å². The molecule has 3 atom stereocenters. The van der Waals surface area contributed by atoms with E-state index in [1.807, 2.05) is 13.8 Å². The van der Waals surface area contributed by atoms with Gasteiger partial charge in [-0.15, -0.1) is 0 Å². The summed E-state index contributed by atoms with van der Waals surface area (Å²) in [5.74, 6) is -0.883. The van der Waals surface area contributed by atoms with E-state index in [1.54, 1.807) is 62.5 Å². The van der Waals surface area contributed by atoms with Gasteiger partial charge in [-0.2, -0.15) is 0 Å². The number of urea groups is 1. The Hall–Kier alpha value is -3.67. The molecular formula is C29H38ClN5O6. The highest BCUT2D eigenvalue weighted by Crippen LogP contribution is 2.29. The number of hydrogen-bond donors (Lipinski definition) is 4. The van der Waals surface area contributed by atoms with Crippen LogP contribution in [0.15, 0.2) is 48.5 Å². The maximum Gasteiger partial charge on any atom is 0.322 e. The fourth-order valence-electron chi connectivity index (χ4n) is 4.59. The highest BCUT2D eigenvalue weighted by molar-refractivity contribution is 6.30. The van der Waals surface area contributed by atoms with Gasteiger partial charge < -0.3 is 30.3 Å². The zero-order valence-electron chi connectivity index (χ0n) is 23.9. The minimum absolute atomic E-state index is 0.0155. The van der Waals surface area contributed by atoms with E-state index in [1.165, 1.54) is 16.9 Å². The number of hydrogen-bond acceptors (Lipinski definition) is 7. The van der Waals surface area contributed by atoms with E-state index in [2.05, 4.69) is 16.0 Å². The van der Waals surface area contributed by atoms with Gasteiger partial charge >= 0.3 is 12.0 Å². The predicted octanol–water partition coefficient (Wildman–Crippen LogP) is 3.48. The van der Waals surface area contributed by atoms with E-state index in [-0.39, 0.29) is 31.3 Å². The molecule has 222 valence electrons. The SMILES string of the molecule is COC(=O)C(CC(C)C)NCC(=O)N(C)c1ccc(NC(=O)[C@H]2C[C@](C)(O)CN2C(=O)Nc2ccc(Cl)cc2)cc1. The summed E-state index contributed by atoms with van der Waals surface area (Å²) in [7, 11) is 2.93. The molecule has 0 radical (unpaired) electrons. The van der Waals surface area contributed by atoms with Crippen LogP contribution in [0, 0.1) is 5.92 Å². The van der Waals surface area contributed by atoms with Crippen LogP contribution in [-0.4, -0.2) is 78.8 Å². The Bertz CT molecular complexity index is 1240. The van der Waals surface area contributed by atoms with Gasteiger partial charge in [0.2, 0.25) is 11.8 Å². The lowest BCUT2D eigenvalue weighted by molar-refractivity contribution is -0.143. The lowest BCUT2D eigenvalue weighted by atomic mass is 10.0. The molecule has 0 aromatic heterocycles. The normalized spacial score (nSPS) is 19.0. The number of esters is 1. The maximum atomic E-state index is 13.2. The Labute approximate surface area is 245 Å². The monoisotopic (exact) mass is 587 g/mol. The number of aliphatic hydroxyl groups is 1. The lowest BCUT2D eigenvalue weighted by Crippen LogP contribution is -2.45. The van der Waals surface area contributed by atoms with Gasteiger partial charge in [-0.05, 0) is 67.8 Å². The first-order chi connectivity index (χ1) is 19.3. The largest absolute Gasteiger partial charge is 0.468 e. The number of likely N-dealkylation sites (N-methyl/N-ethyl adjacent to an activating group) is 1. The fraction of sp³-hybridized carbons (Fsp3) is 0.448. The van der Waals surface area contributed by atoms with Crippen molar-refractivity contribution in [3.05, 3.63) is 53.6 Å². The summed E-state index contributed by atoms with van der Waals surface area (Å²) in [6, 6.07) is 11.2. The van der Waals surface area contributed by atoms with Gasteiger partial charge in [-0.1, -0.05) is 25.4 Å². The van der Waals surface area contributed by atoms with Crippen molar-refractivity contribution in [3.63, 3.8) is 0 Å².